The van der Waals surface area contributed by atoms with Gasteiger partial charge in [0.1, 0.15) is 11.2 Å². The average molecular weight is 354 g/mol. The molecule has 0 aliphatic carbocycles. The summed E-state index contributed by atoms with van der Waals surface area (Å²) in [5.41, 5.74) is -0.142. The van der Waals surface area contributed by atoms with E-state index in [0.717, 1.165) is 5.56 Å². The van der Waals surface area contributed by atoms with Crippen molar-refractivity contribution in [2.24, 2.45) is 5.41 Å². The molecule has 2 aliphatic heterocycles. The molecule has 1 amide bonds. The molecule has 2 heterocycles. The summed E-state index contributed by atoms with van der Waals surface area (Å²) >= 11 is 5.98. The summed E-state index contributed by atoms with van der Waals surface area (Å²) in [4.78, 5) is 26.1. The monoisotopic (exact) mass is 353 g/mol. The Balaban J connectivity index is 1.73. The van der Waals surface area contributed by atoms with Crippen LogP contribution in [0.15, 0.2) is 18.2 Å². The lowest BCUT2D eigenvalue weighted by Gasteiger charge is -2.40. The van der Waals surface area contributed by atoms with E-state index >= 15 is 0 Å². The molecular formula is C17H20ClNO5. The standard InChI is InChI=1S/C17H20ClNO5/c1-23-10-17(16(21)22)5-2-6-19(9-17)15(20)14-8-11-7-12(18)3-4-13(11)24-14/h3-4,7,14H,2,5-6,8-10H2,1H3,(H,21,22). The summed E-state index contributed by atoms with van der Waals surface area (Å²) in [6, 6.07) is 5.28. The maximum atomic E-state index is 12.8. The van der Waals surface area contributed by atoms with Crippen LogP contribution in [0.1, 0.15) is 18.4 Å². The van der Waals surface area contributed by atoms with E-state index in [0.29, 0.717) is 36.6 Å². The number of benzene rings is 1. The number of carboxylic acid groups (broad SMARTS) is 1. The van der Waals surface area contributed by atoms with Gasteiger partial charge in [0.15, 0.2) is 6.10 Å². The normalized spacial score (nSPS) is 25.9. The fourth-order valence-corrected chi connectivity index (χ4v) is 3.70. The van der Waals surface area contributed by atoms with Gasteiger partial charge in [0.25, 0.3) is 5.91 Å². The van der Waals surface area contributed by atoms with Crippen molar-refractivity contribution in [3.8, 4) is 5.75 Å². The number of ether oxygens (including phenoxy) is 2. The maximum Gasteiger partial charge on any atom is 0.313 e. The Morgan fingerprint density at radius 1 is 1.50 bits per heavy atom. The molecule has 2 atom stereocenters. The predicted octanol–water partition coefficient (Wildman–Crippen LogP) is 1.98. The zero-order valence-corrected chi connectivity index (χ0v) is 14.2. The number of likely N-dealkylation sites (tertiary alicyclic amines) is 1. The number of methoxy groups -OCH3 is 1. The van der Waals surface area contributed by atoms with Crippen LogP contribution in [-0.2, 0) is 20.7 Å². The molecule has 1 N–H and O–H groups in total. The van der Waals surface area contributed by atoms with Crippen molar-refractivity contribution < 1.29 is 24.2 Å². The van der Waals surface area contributed by atoms with Gasteiger partial charge in [-0.25, -0.2) is 0 Å². The smallest absolute Gasteiger partial charge is 0.313 e. The van der Waals surface area contributed by atoms with Gasteiger partial charge in [0.2, 0.25) is 0 Å². The number of rotatable bonds is 4. The molecule has 1 aromatic carbocycles. The highest BCUT2D eigenvalue weighted by molar-refractivity contribution is 6.30. The second-order valence-electron chi connectivity index (χ2n) is 6.44. The summed E-state index contributed by atoms with van der Waals surface area (Å²) < 4.78 is 10.8. The largest absolute Gasteiger partial charge is 0.481 e. The molecule has 7 heteroatoms. The Labute approximate surface area is 145 Å². The zero-order chi connectivity index (χ0) is 17.3. The van der Waals surface area contributed by atoms with Gasteiger partial charge in [0, 0.05) is 31.6 Å². The van der Waals surface area contributed by atoms with Gasteiger partial charge in [-0.15, -0.1) is 0 Å². The maximum absolute atomic E-state index is 12.8. The molecule has 0 spiro atoms. The molecule has 6 nitrogen and oxygen atoms in total. The number of nitrogens with zero attached hydrogens (tertiary/aromatic N) is 1. The van der Waals surface area contributed by atoms with Gasteiger partial charge >= 0.3 is 5.97 Å². The van der Waals surface area contributed by atoms with Crippen molar-refractivity contribution in [3.63, 3.8) is 0 Å². The van der Waals surface area contributed by atoms with Crippen molar-refractivity contribution >= 4 is 23.5 Å². The Morgan fingerprint density at radius 2 is 2.29 bits per heavy atom. The van der Waals surface area contributed by atoms with E-state index in [1.54, 1.807) is 23.1 Å². The Hall–Kier alpha value is -1.79. The molecule has 2 unspecified atom stereocenters. The first-order valence-electron chi connectivity index (χ1n) is 7.91. The molecule has 0 bridgehead atoms. The minimum absolute atomic E-state index is 0.0907. The first-order chi connectivity index (χ1) is 11.4. The van der Waals surface area contributed by atoms with Crippen LogP contribution in [0.4, 0.5) is 0 Å². The highest BCUT2D eigenvalue weighted by Crippen LogP contribution is 2.34. The lowest BCUT2D eigenvalue weighted by molar-refractivity contribution is -0.160. The van der Waals surface area contributed by atoms with E-state index in [9.17, 15) is 14.7 Å². The second-order valence-corrected chi connectivity index (χ2v) is 6.88. The number of carbonyl (C=O) groups is 2. The third kappa shape index (κ3) is 3.08. The number of halogens is 1. The van der Waals surface area contributed by atoms with E-state index in [-0.39, 0.29) is 19.1 Å². The van der Waals surface area contributed by atoms with Crippen molar-refractivity contribution in [1.82, 2.24) is 4.90 Å². The number of hydrogen-bond donors (Lipinski definition) is 1. The number of carbonyl (C=O) groups excluding carboxylic acids is 1. The van der Waals surface area contributed by atoms with Gasteiger partial charge in [-0.05, 0) is 36.6 Å². The minimum atomic E-state index is -1.04. The lowest BCUT2D eigenvalue weighted by atomic mass is 9.80. The SMILES string of the molecule is COCC1(C(=O)O)CCCN(C(=O)C2Cc3cc(Cl)ccc3O2)C1. The Kier molecular flexibility index (Phi) is 4.69. The molecule has 1 saturated heterocycles. The molecule has 1 fully saturated rings. The Bertz CT molecular complexity index is 660. The zero-order valence-electron chi connectivity index (χ0n) is 13.5. The summed E-state index contributed by atoms with van der Waals surface area (Å²) in [6.07, 6.45) is 0.967. The first-order valence-corrected chi connectivity index (χ1v) is 8.29. The van der Waals surface area contributed by atoms with Gasteiger partial charge in [-0.2, -0.15) is 0 Å². The van der Waals surface area contributed by atoms with Crippen molar-refractivity contribution in [2.45, 2.75) is 25.4 Å². The van der Waals surface area contributed by atoms with Crippen LogP contribution in [0.3, 0.4) is 0 Å². The van der Waals surface area contributed by atoms with E-state index in [2.05, 4.69) is 0 Å². The number of piperidine rings is 1. The third-order valence-corrected chi connectivity index (χ3v) is 4.97. The number of fused-ring (bicyclic) bond motifs is 1. The number of carboxylic acids is 1. The highest BCUT2D eigenvalue weighted by atomic mass is 35.5. The van der Waals surface area contributed by atoms with Crippen molar-refractivity contribution in [3.05, 3.63) is 28.8 Å². The van der Waals surface area contributed by atoms with Crippen LogP contribution in [0.5, 0.6) is 5.75 Å². The van der Waals surface area contributed by atoms with Gasteiger partial charge in [-0.1, -0.05) is 11.6 Å². The molecule has 2 aliphatic rings. The first kappa shape index (κ1) is 17.0. The molecule has 0 aromatic heterocycles. The van der Waals surface area contributed by atoms with Gasteiger partial charge < -0.3 is 19.5 Å². The minimum Gasteiger partial charge on any atom is -0.481 e. The quantitative estimate of drug-likeness (QED) is 0.895. The molecule has 0 saturated carbocycles. The van der Waals surface area contributed by atoms with E-state index in [4.69, 9.17) is 21.1 Å². The lowest BCUT2D eigenvalue weighted by Crippen LogP contribution is -2.54. The third-order valence-electron chi connectivity index (χ3n) is 4.74. The van der Waals surface area contributed by atoms with E-state index < -0.39 is 17.5 Å². The molecular weight excluding hydrogens is 334 g/mol. The van der Waals surface area contributed by atoms with Crippen molar-refractivity contribution in [2.75, 3.05) is 26.8 Å². The van der Waals surface area contributed by atoms with Crippen LogP contribution in [-0.4, -0.2) is 54.8 Å². The average Bonchev–Trinajstić information content (AvgIpc) is 2.97. The molecule has 0 radical (unpaired) electrons. The van der Waals surface area contributed by atoms with Crippen LogP contribution in [0, 0.1) is 5.41 Å². The summed E-state index contributed by atoms with van der Waals surface area (Å²) in [5, 5.41) is 10.2. The molecule has 1 aromatic rings. The van der Waals surface area contributed by atoms with Crippen LogP contribution >= 0.6 is 11.6 Å². The molecule has 130 valence electrons. The molecule has 24 heavy (non-hydrogen) atoms. The van der Waals surface area contributed by atoms with Crippen molar-refractivity contribution in [1.29, 1.82) is 0 Å². The number of hydrogen-bond acceptors (Lipinski definition) is 4. The molecule has 3 rings (SSSR count). The highest BCUT2D eigenvalue weighted by Gasteiger charge is 2.45. The summed E-state index contributed by atoms with van der Waals surface area (Å²) in [7, 11) is 1.48. The van der Waals surface area contributed by atoms with Crippen LogP contribution < -0.4 is 4.74 Å². The summed E-state index contributed by atoms with van der Waals surface area (Å²) in [5.74, 6) is -0.441. The number of aliphatic carboxylic acids is 1. The summed E-state index contributed by atoms with van der Waals surface area (Å²) in [6.45, 7) is 0.772. The number of amides is 1. The van der Waals surface area contributed by atoms with Crippen LogP contribution in [0.2, 0.25) is 5.02 Å². The van der Waals surface area contributed by atoms with Crippen LogP contribution in [0.25, 0.3) is 0 Å². The van der Waals surface area contributed by atoms with E-state index in [1.165, 1.54) is 7.11 Å². The predicted molar refractivity (Wildman–Crippen MR) is 87.3 cm³/mol. The fraction of sp³-hybridized carbons (Fsp3) is 0.529. The van der Waals surface area contributed by atoms with Gasteiger partial charge in [0.05, 0.1) is 6.61 Å². The topological polar surface area (TPSA) is 76.1 Å². The van der Waals surface area contributed by atoms with Gasteiger partial charge in [-0.3, -0.25) is 9.59 Å². The second kappa shape index (κ2) is 6.61. The van der Waals surface area contributed by atoms with E-state index in [1.807, 2.05) is 0 Å². The fourth-order valence-electron chi connectivity index (χ4n) is 3.51. The Morgan fingerprint density at radius 3 is 3.00 bits per heavy atom.